The van der Waals surface area contributed by atoms with Gasteiger partial charge in [0, 0.05) is 19.3 Å². The minimum Gasteiger partial charge on any atom is -0.355 e. The summed E-state index contributed by atoms with van der Waals surface area (Å²) in [6.45, 7) is 0. The Labute approximate surface area is 165 Å². The molecule has 0 aliphatic heterocycles. The third kappa shape index (κ3) is 4.19. The van der Waals surface area contributed by atoms with Crippen LogP contribution in [0.4, 0.5) is 19.0 Å². The first-order chi connectivity index (χ1) is 13.5. The number of hydrogen-bond acceptors (Lipinski definition) is 7. The zero-order valence-corrected chi connectivity index (χ0v) is 16.6. The van der Waals surface area contributed by atoms with Crippen LogP contribution in [0.3, 0.4) is 0 Å². The molecule has 0 N–H and O–H groups in total. The van der Waals surface area contributed by atoms with Crippen LogP contribution in [0, 0.1) is 11.3 Å². The molecule has 8 nitrogen and oxygen atoms in total. The van der Waals surface area contributed by atoms with E-state index < -0.39 is 27.3 Å². The highest BCUT2D eigenvalue weighted by atomic mass is 32.2. The molecule has 1 saturated carbocycles. The van der Waals surface area contributed by atoms with E-state index in [1.54, 1.807) is 18.0 Å². The lowest BCUT2D eigenvalue weighted by molar-refractivity contribution is -0.141. The quantitative estimate of drug-likeness (QED) is 0.737. The Morgan fingerprint density at radius 2 is 1.86 bits per heavy atom. The lowest BCUT2D eigenvalue weighted by Crippen LogP contribution is -2.35. The molecule has 29 heavy (non-hydrogen) atoms. The molecule has 0 saturated heterocycles. The molecule has 2 aromatic rings. The van der Waals surface area contributed by atoms with Gasteiger partial charge in [0.05, 0.1) is 0 Å². The number of sulfone groups is 1. The van der Waals surface area contributed by atoms with Crippen molar-refractivity contribution in [2.24, 2.45) is 0 Å². The lowest BCUT2D eigenvalue weighted by atomic mass is 9.94. The van der Waals surface area contributed by atoms with E-state index in [9.17, 15) is 26.9 Å². The standard InChI is InChI=1S/C17H19F3N6O2S/c1-25(11-6-4-3-5-7-11)16-12(10-21)15(17(18,19)20)24-26(16)13-8-9-14(23-22-13)29(2,27)28/h8-9,11H,3-7H2,1-2H3. The molecule has 0 amide bonds. The number of halogens is 3. The summed E-state index contributed by atoms with van der Waals surface area (Å²) in [5.41, 5.74) is -1.91. The highest BCUT2D eigenvalue weighted by Crippen LogP contribution is 2.38. The van der Waals surface area contributed by atoms with Crippen molar-refractivity contribution in [3.63, 3.8) is 0 Å². The van der Waals surface area contributed by atoms with Gasteiger partial charge in [0.2, 0.25) is 0 Å². The Hall–Kier alpha value is -2.68. The molecule has 0 bridgehead atoms. The second-order valence-corrected chi connectivity index (χ2v) is 8.94. The number of rotatable bonds is 4. The molecule has 0 radical (unpaired) electrons. The minimum atomic E-state index is -4.83. The number of anilines is 1. The number of nitriles is 1. The molecule has 3 rings (SSSR count). The summed E-state index contributed by atoms with van der Waals surface area (Å²) >= 11 is 0. The van der Waals surface area contributed by atoms with Crippen molar-refractivity contribution >= 4 is 15.7 Å². The van der Waals surface area contributed by atoms with Crippen LogP contribution in [0.15, 0.2) is 17.2 Å². The number of alkyl halides is 3. The fourth-order valence-corrected chi connectivity index (χ4v) is 3.97. The molecule has 2 heterocycles. The number of aromatic nitrogens is 4. The topological polar surface area (TPSA) is 105 Å². The van der Waals surface area contributed by atoms with E-state index in [1.165, 1.54) is 6.07 Å². The second kappa shape index (κ2) is 7.62. The van der Waals surface area contributed by atoms with Gasteiger partial charge in [-0.15, -0.1) is 10.2 Å². The van der Waals surface area contributed by atoms with Crippen LogP contribution in [0.2, 0.25) is 0 Å². The minimum absolute atomic E-state index is 0.0341. The zero-order chi connectivity index (χ0) is 21.4. The molecule has 156 valence electrons. The largest absolute Gasteiger partial charge is 0.436 e. The highest BCUT2D eigenvalue weighted by Gasteiger charge is 2.41. The van der Waals surface area contributed by atoms with Crippen LogP contribution in [0.5, 0.6) is 0 Å². The second-order valence-electron chi connectivity index (χ2n) is 6.97. The van der Waals surface area contributed by atoms with Crippen molar-refractivity contribution in [3.05, 3.63) is 23.4 Å². The van der Waals surface area contributed by atoms with Gasteiger partial charge in [0.25, 0.3) is 0 Å². The monoisotopic (exact) mass is 428 g/mol. The molecule has 1 aliphatic carbocycles. The first kappa shape index (κ1) is 21.0. The SMILES string of the molecule is CN(c1c(C#N)c(C(F)(F)F)nn1-c1ccc(S(C)(=O)=O)nn1)C1CCCCC1. The van der Waals surface area contributed by atoms with Gasteiger partial charge in [-0.1, -0.05) is 19.3 Å². The Bertz CT molecular complexity index is 1030. The summed E-state index contributed by atoms with van der Waals surface area (Å²) in [6.07, 6.45) is 0.626. The summed E-state index contributed by atoms with van der Waals surface area (Å²) in [5.74, 6) is -0.143. The molecule has 0 spiro atoms. The van der Waals surface area contributed by atoms with Crippen LogP contribution in [0.1, 0.15) is 43.4 Å². The lowest BCUT2D eigenvalue weighted by Gasteiger charge is -2.33. The average molecular weight is 428 g/mol. The summed E-state index contributed by atoms with van der Waals surface area (Å²) in [7, 11) is -1.99. The van der Waals surface area contributed by atoms with E-state index in [0.717, 1.165) is 49.1 Å². The molecule has 2 aromatic heterocycles. The van der Waals surface area contributed by atoms with Gasteiger partial charge in [-0.3, -0.25) is 0 Å². The first-order valence-corrected chi connectivity index (χ1v) is 10.8. The Kier molecular flexibility index (Phi) is 5.53. The van der Waals surface area contributed by atoms with Gasteiger partial charge >= 0.3 is 6.18 Å². The van der Waals surface area contributed by atoms with Gasteiger partial charge < -0.3 is 4.90 Å². The number of hydrogen-bond donors (Lipinski definition) is 0. The Morgan fingerprint density at radius 1 is 1.21 bits per heavy atom. The van der Waals surface area contributed by atoms with E-state index in [2.05, 4.69) is 15.3 Å². The Balaban J connectivity index is 2.17. The summed E-state index contributed by atoms with van der Waals surface area (Å²) in [4.78, 5) is 1.63. The summed E-state index contributed by atoms with van der Waals surface area (Å²) in [6, 6.07) is 3.94. The van der Waals surface area contributed by atoms with E-state index in [4.69, 9.17) is 0 Å². The molecule has 12 heteroatoms. The van der Waals surface area contributed by atoms with Crippen molar-refractivity contribution in [3.8, 4) is 11.9 Å². The van der Waals surface area contributed by atoms with Gasteiger partial charge in [-0.05, 0) is 25.0 Å². The molecular formula is C17H19F3N6O2S. The van der Waals surface area contributed by atoms with E-state index in [0.29, 0.717) is 0 Å². The third-order valence-electron chi connectivity index (χ3n) is 4.92. The predicted molar refractivity (Wildman–Crippen MR) is 97.3 cm³/mol. The van der Waals surface area contributed by atoms with Gasteiger partial charge in [-0.25, -0.2) is 8.42 Å². The first-order valence-electron chi connectivity index (χ1n) is 8.91. The number of nitrogens with zero attached hydrogens (tertiary/aromatic N) is 6. The zero-order valence-electron chi connectivity index (χ0n) is 15.8. The average Bonchev–Trinajstić information content (AvgIpc) is 3.07. The van der Waals surface area contributed by atoms with Crippen LogP contribution >= 0.6 is 0 Å². The smallest absolute Gasteiger partial charge is 0.355 e. The molecular weight excluding hydrogens is 409 g/mol. The van der Waals surface area contributed by atoms with Gasteiger partial charge in [-0.2, -0.15) is 28.2 Å². The van der Waals surface area contributed by atoms with Crippen LogP contribution in [0.25, 0.3) is 5.82 Å². The molecule has 1 aliphatic rings. The molecule has 0 aromatic carbocycles. The Morgan fingerprint density at radius 3 is 2.34 bits per heavy atom. The van der Waals surface area contributed by atoms with Crippen LogP contribution < -0.4 is 4.90 Å². The summed E-state index contributed by atoms with van der Waals surface area (Å²) < 4.78 is 64.6. The molecule has 0 unspecified atom stereocenters. The summed E-state index contributed by atoms with van der Waals surface area (Å²) in [5, 5.41) is 20.1. The molecule has 0 atom stereocenters. The van der Waals surface area contributed by atoms with E-state index in [-0.39, 0.29) is 22.7 Å². The normalized spacial score (nSPS) is 15.9. The van der Waals surface area contributed by atoms with Crippen molar-refractivity contribution in [2.75, 3.05) is 18.2 Å². The third-order valence-corrected chi connectivity index (χ3v) is 5.90. The fourth-order valence-electron chi connectivity index (χ4n) is 3.46. The van der Waals surface area contributed by atoms with Gasteiger partial charge in [0.15, 0.2) is 32.2 Å². The van der Waals surface area contributed by atoms with Gasteiger partial charge in [0.1, 0.15) is 11.6 Å². The molecule has 1 fully saturated rings. The maximum Gasteiger partial charge on any atom is 0.436 e. The van der Waals surface area contributed by atoms with Crippen LogP contribution in [-0.4, -0.2) is 47.7 Å². The fraction of sp³-hybridized carbons (Fsp3) is 0.529. The van der Waals surface area contributed by atoms with Crippen molar-refractivity contribution in [1.29, 1.82) is 5.26 Å². The van der Waals surface area contributed by atoms with Crippen molar-refractivity contribution < 1.29 is 21.6 Å². The maximum atomic E-state index is 13.5. The van der Waals surface area contributed by atoms with Crippen molar-refractivity contribution in [2.45, 2.75) is 49.3 Å². The van der Waals surface area contributed by atoms with Crippen molar-refractivity contribution in [1.82, 2.24) is 20.0 Å². The van der Waals surface area contributed by atoms with E-state index >= 15 is 0 Å². The maximum absolute atomic E-state index is 13.5. The predicted octanol–water partition coefficient (Wildman–Crippen LogP) is 2.73. The van der Waals surface area contributed by atoms with Crippen LogP contribution in [-0.2, 0) is 16.0 Å². The van der Waals surface area contributed by atoms with E-state index in [1.807, 2.05) is 0 Å². The highest BCUT2D eigenvalue weighted by molar-refractivity contribution is 7.90.